The second kappa shape index (κ2) is 8.68. The number of hydrogen-bond acceptors (Lipinski definition) is 5. The summed E-state index contributed by atoms with van der Waals surface area (Å²) in [7, 11) is 0. The van der Waals surface area contributed by atoms with Crippen molar-refractivity contribution in [1.29, 1.82) is 0 Å². The Hall–Kier alpha value is -3.48. The number of benzene rings is 2. The molecule has 29 heavy (non-hydrogen) atoms. The van der Waals surface area contributed by atoms with Crippen LogP contribution in [0.4, 0.5) is 27.4 Å². The summed E-state index contributed by atoms with van der Waals surface area (Å²) >= 11 is 0. The fourth-order valence-electron chi connectivity index (χ4n) is 3.28. The van der Waals surface area contributed by atoms with Crippen LogP contribution in [0, 0.1) is 5.82 Å². The molecule has 0 bridgehead atoms. The Kier molecular flexibility index (Phi) is 5.65. The smallest absolute Gasteiger partial charge is 0.258 e. The van der Waals surface area contributed by atoms with Crippen LogP contribution in [-0.2, 0) is 0 Å². The van der Waals surface area contributed by atoms with E-state index >= 15 is 0 Å². The molecule has 1 aromatic heterocycles. The minimum absolute atomic E-state index is 0.320. The standard InChI is InChI=1S/C22H22FN5O/c23-17-4-6-18(7-5-17)26-21(29)16-14-24-22(25-15-16)27-19-8-10-20(11-9-19)28-12-2-1-3-13-28/h4-11,14-15H,1-3,12-13H2,(H,26,29)(H,24,25,27). The third-order valence-corrected chi connectivity index (χ3v) is 4.86. The molecule has 0 unspecified atom stereocenters. The summed E-state index contributed by atoms with van der Waals surface area (Å²) in [6.07, 6.45) is 6.71. The topological polar surface area (TPSA) is 70.2 Å². The summed E-state index contributed by atoms with van der Waals surface area (Å²) in [5.41, 5.74) is 2.94. The number of aromatic nitrogens is 2. The lowest BCUT2D eigenvalue weighted by atomic mass is 10.1. The number of amides is 1. The van der Waals surface area contributed by atoms with Gasteiger partial charge in [-0.05, 0) is 67.8 Å². The van der Waals surface area contributed by atoms with Crippen molar-refractivity contribution in [3.8, 4) is 0 Å². The Bertz CT molecular complexity index is 952. The Balaban J connectivity index is 1.36. The molecule has 0 saturated carbocycles. The van der Waals surface area contributed by atoms with Gasteiger partial charge in [-0.2, -0.15) is 0 Å². The molecule has 0 aliphatic carbocycles. The predicted octanol–water partition coefficient (Wildman–Crippen LogP) is 4.60. The average Bonchev–Trinajstić information content (AvgIpc) is 2.77. The van der Waals surface area contributed by atoms with E-state index in [1.165, 1.54) is 61.6 Å². The van der Waals surface area contributed by atoms with Crippen LogP contribution in [0.15, 0.2) is 60.9 Å². The third-order valence-electron chi connectivity index (χ3n) is 4.86. The van der Waals surface area contributed by atoms with E-state index in [0.717, 1.165) is 18.8 Å². The van der Waals surface area contributed by atoms with E-state index < -0.39 is 0 Å². The minimum Gasteiger partial charge on any atom is -0.372 e. The van der Waals surface area contributed by atoms with Gasteiger partial charge in [-0.1, -0.05) is 0 Å². The quantitative estimate of drug-likeness (QED) is 0.665. The molecule has 2 aromatic carbocycles. The monoisotopic (exact) mass is 391 g/mol. The second-order valence-electron chi connectivity index (χ2n) is 6.98. The number of nitrogens with zero attached hydrogens (tertiary/aromatic N) is 3. The molecule has 1 aliphatic rings. The summed E-state index contributed by atoms with van der Waals surface area (Å²) in [6, 6.07) is 13.8. The maximum absolute atomic E-state index is 12.9. The first-order chi connectivity index (χ1) is 14.2. The highest BCUT2D eigenvalue weighted by Crippen LogP contribution is 2.23. The number of rotatable bonds is 5. The van der Waals surface area contributed by atoms with Crippen LogP contribution in [0.5, 0.6) is 0 Å². The lowest BCUT2D eigenvalue weighted by molar-refractivity contribution is 0.102. The van der Waals surface area contributed by atoms with Gasteiger partial charge in [0, 0.05) is 42.5 Å². The van der Waals surface area contributed by atoms with E-state index in [1.807, 2.05) is 12.1 Å². The number of halogens is 1. The maximum Gasteiger partial charge on any atom is 0.258 e. The Morgan fingerprint density at radius 2 is 1.48 bits per heavy atom. The fraction of sp³-hybridized carbons (Fsp3) is 0.227. The van der Waals surface area contributed by atoms with Crippen molar-refractivity contribution in [1.82, 2.24) is 9.97 Å². The highest BCUT2D eigenvalue weighted by Gasteiger charge is 2.11. The van der Waals surface area contributed by atoms with Gasteiger partial charge < -0.3 is 15.5 Å². The van der Waals surface area contributed by atoms with E-state index in [1.54, 1.807) is 0 Å². The van der Waals surface area contributed by atoms with Crippen LogP contribution in [-0.4, -0.2) is 29.0 Å². The molecular weight excluding hydrogens is 369 g/mol. The molecule has 7 heteroatoms. The minimum atomic E-state index is -0.356. The zero-order valence-electron chi connectivity index (χ0n) is 15.9. The SMILES string of the molecule is O=C(Nc1ccc(F)cc1)c1cnc(Nc2ccc(N3CCCCC3)cc2)nc1. The first-order valence-corrected chi connectivity index (χ1v) is 9.68. The maximum atomic E-state index is 12.9. The number of anilines is 4. The van der Waals surface area contributed by atoms with Crippen molar-refractivity contribution in [2.24, 2.45) is 0 Å². The van der Waals surface area contributed by atoms with E-state index in [0.29, 0.717) is 17.2 Å². The van der Waals surface area contributed by atoms with E-state index in [9.17, 15) is 9.18 Å². The van der Waals surface area contributed by atoms with Gasteiger partial charge in [0.25, 0.3) is 5.91 Å². The number of hydrogen-bond donors (Lipinski definition) is 2. The van der Waals surface area contributed by atoms with Crippen LogP contribution >= 0.6 is 0 Å². The summed E-state index contributed by atoms with van der Waals surface area (Å²) in [4.78, 5) is 23.1. The van der Waals surface area contributed by atoms with Gasteiger partial charge in [-0.25, -0.2) is 14.4 Å². The second-order valence-corrected chi connectivity index (χ2v) is 6.98. The molecule has 6 nitrogen and oxygen atoms in total. The van der Waals surface area contributed by atoms with Crippen LogP contribution in [0.25, 0.3) is 0 Å². The highest BCUT2D eigenvalue weighted by atomic mass is 19.1. The normalized spacial score (nSPS) is 13.8. The van der Waals surface area contributed by atoms with Crippen LogP contribution in [0.2, 0.25) is 0 Å². The van der Waals surface area contributed by atoms with Crippen LogP contribution < -0.4 is 15.5 Å². The molecule has 2 N–H and O–H groups in total. The molecule has 0 radical (unpaired) electrons. The summed E-state index contributed by atoms with van der Waals surface area (Å²) in [6.45, 7) is 2.22. The summed E-state index contributed by atoms with van der Waals surface area (Å²) in [5, 5.41) is 5.82. The Morgan fingerprint density at radius 1 is 0.862 bits per heavy atom. The van der Waals surface area contributed by atoms with Crippen molar-refractivity contribution in [2.45, 2.75) is 19.3 Å². The van der Waals surface area contributed by atoms with Crippen molar-refractivity contribution >= 4 is 28.9 Å². The van der Waals surface area contributed by atoms with E-state index in [2.05, 4.69) is 37.6 Å². The molecule has 1 amide bonds. The first kappa shape index (κ1) is 18.9. The van der Waals surface area contributed by atoms with Crippen LogP contribution in [0.3, 0.4) is 0 Å². The van der Waals surface area contributed by atoms with Crippen molar-refractivity contribution in [3.05, 3.63) is 72.3 Å². The molecule has 4 rings (SSSR count). The molecular formula is C22H22FN5O. The van der Waals surface area contributed by atoms with Gasteiger partial charge in [0.2, 0.25) is 5.95 Å². The molecule has 1 fully saturated rings. The van der Waals surface area contributed by atoms with Gasteiger partial charge in [-0.15, -0.1) is 0 Å². The number of carbonyl (C=O) groups excluding carboxylic acids is 1. The number of nitrogens with one attached hydrogen (secondary N) is 2. The zero-order valence-corrected chi connectivity index (χ0v) is 15.9. The predicted molar refractivity (Wildman–Crippen MR) is 112 cm³/mol. The number of piperidine rings is 1. The van der Waals surface area contributed by atoms with Gasteiger partial charge >= 0.3 is 0 Å². The van der Waals surface area contributed by atoms with Crippen LogP contribution in [0.1, 0.15) is 29.6 Å². The lowest BCUT2D eigenvalue weighted by Gasteiger charge is -2.28. The fourth-order valence-corrected chi connectivity index (χ4v) is 3.28. The molecule has 1 aliphatic heterocycles. The summed E-state index contributed by atoms with van der Waals surface area (Å²) in [5.74, 6) is -0.297. The zero-order chi connectivity index (χ0) is 20.1. The van der Waals surface area contributed by atoms with Gasteiger partial charge in [-0.3, -0.25) is 4.79 Å². The Morgan fingerprint density at radius 3 is 2.14 bits per heavy atom. The molecule has 2 heterocycles. The average molecular weight is 391 g/mol. The lowest BCUT2D eigenvalue weighted by Crippen LogP contribution is -2.29. The Labute approximate surface area is 168 Å². The first-order valence-electron chi connectivity index (χ1n) is 9.68. The van der Waals surface area contributed by atoms with Gasteiger partial charge in [0.15, 0.2) is 0 Å². The third kappa shape index (κ3) is 4.87. The van der Waals surface area contributed by atoms with Gasteiger partial charge in [0.05, 0.1) is 5.56 Å². The molecule has 1 saturated heterocycles. The van der Waals surface area contributed by atoms with E-state index in [-0.39, 0.29) is 11.7 Å². The summed E-state index contributed by atoms with van der Waals surface area (Å²) < 4.78 is 12.9. The molecule has 148 valence electrons. The number of carbonyl (C=O) groups is 1. The van der Waals surface area contributed by atoms with Gasteiger partial charge in [0.1, 0.15) is 5.82 Å². The van der Waals surface area contributed by atoms with E-state index in [4.69, 9.17) is 0 Å². The molecule has 3 aromatic rings. The largest absolute Gasteiger partial charge is 0.372 e. The van der Waals surface area contributed by atoms with Crippen molar-refractivity contribution < 1.29 is 9.18 Å². The van der Waals surface area contributed by atoms with Crippen molar-refractivity contribution in [3.63, 3.8) is 0 Å². The molecule has 0 spiro atoms. The van der Waals surface area contributed by atoms with Crippen molar-refractivity contribution in [2.75, 3.05) is 28.6 Å². The highest BCUT2D eigenvalue weighted by molar-refractivity contribution is 6.03. The molecule has 0 atom stereocenters.